The number of hydrogen-bond acceptors (Lipinski definition) is 8. The molecule has 0 unspecified atom stereocenters. The molecule has 278 valence electrons. The molecule has 0 aliphatic carbocycles. The van der Waals surface area contributed by atoms with E-state index in [0.29, 0.717) is 26.2 Å². The number of likely N-dealkylation sites (tertiary alicyclic amines) is 2. The molecule has 2 fully saturated rings. The van der Waals surface area contributed by atoms with E-state index in [1.54, 1.807) is 19.1 Å². The highest BCUT2D eigenvalue weighted by molar-refractivity contribution is 6.07. The van der Waals surface area contributed by atoms with Gasteiger partial charge in [-0.2, -0.15) is 0 Å². The molecular formula is C41H48N6O6. The minimum Gasteiger partial charge on any atom is -0.488 e. The molecule has 2 amide bonds. The molecule has 12 nitrogen and oxygen atoms in total. The molecule has 0 spiro atoms. The maximum atomic E-state index is 13.3. The average molecular weight is 721 g/mol. The molecule has 53 heavy (non-hydrogen) atoms. The maximum Gasteiger partial charge on any atom is 0.410 e. The van der Waals surface area contributed by atoms with Crippen LogP contribution < -0.4 is 4.74 Å². The van der Waals surface area contributed by atoms with E-state index in [-0.39, 0.29) is 36.1 Å². The fourth-order valence-electron chi connectivity index (χ4n) is 8.15. The lowest BCUT2D eigenvalue weighted by molar-refractivity contribution is -0.134. The van der Waals surface area contributed by atoms with Crippen LogP contribution in [0.1, 0.15) is 82.7 Å². The van der Waals surface area contributed by atoms with E-state index in [0.717, 1.165) is 93.0 Å². The van der Waals surface area contributed by atoms with Gasteiger partial charge in [0.15, 0.2) is 0 Å². The number of fused-ring (bicyclic) bond motifs is 6. The van der Waals surface area contributed by atoms with Gasteiger partial charge >= 0.3 is 6.09 Å². The fourth-order valence-corrected chi connectivity index (χ4v) is 8.15. The molecular weight excluding hydrogens is 672 g/mol. The Morgan fingerprint density at radius 2 is 1.87 bits per heavy atom. The lowest BCUT2D eigenvalue weighted by Gasteiger charge is -2.27. The van der Waals surface area contributed by atoms with E-state index in [4.69, 9.17) is 28.9 Å². The van der Waals surface area contributed by atoms with Crippen molar-refractivity contribution in [3.05, 3.63) is 65.9 Å². The molecule has 0 radical (unpaired) electrons. The van der Waals surface area contributed by atoms with Crippen molar-refractivity contribution in [2.75, 3.05) is 33.9 Å². The zero-order valence-corrected chi connectivity index (χ0v) is 31.3. The largest absolute Gasteiger partial charge is 0.488 e. The van der Waals surface area contributed by atoms with Crippen molar-refractivity contribution < 1.29 is 28.5 Å². The molecule has 2 saturated heterocycles. The molecule has 3 aromatic carbocycles. The van der Waals surface area contributed by atoms with Gasteiger partial charge in [-0.05, 0) is 93.3 Å². The second kappa shape index (κ2) is 13.8. The summed E-state index contributed by atoms with van der Waals surface area (Å²) in [7, 11) is 3.32. The SMILES string of the molecule is COC[C@H]1C[C@@H](c2nc3ccc4cc5c(cc4c3[nH]2)OCc2cc(-c3cnc([C@@H]4CCCN4C(=O)C[C@@H](C)OC)[nH]3)ccc2-5)N(C(=O)OC(C)(C)C)C1. The lowest BCUT2D eigenvalue weighted by atomic mass is 9.92. The summed E-state index contributed by atoms with van der Waals surface area (Å²) in [6.45, 7) is 9.83. The van der Waals surface area contributed by atoms with Gasteiger partial charge in [0, 0.05) is 44.2 Å². The minimum atomic E-state index is -0.601. The maximum absolute atomic E-state index is 13.3. The minimum absolute atomic E-state index is 0.0616. The molecule has 3 aliphatic rings. The van der Waals surface area contributed by atoms with E-state index >= 15 is 0 Å². The Kier molecular flexibility index (Phi) is 9.14. The number of methoxy groups -OCH3 is 2. The normalized spacial score (nSPS) is 20.5. The van der Waals surface area contributed by atoms with E-state index in [9.17, 15) is 9.59 Å². The Morgan fingerprint density at radius 1 is 1.02 bits per heavy atom. The predicted octanol–water partition coefficient (Wildman–Crippen LogP) is 7.70. The van der Waals surface area contributed by atoms with Crippen LogP contribution in [0.4, 0.5) is 4.79 Å². The number of hydrogen-bond donors (Lipinski definition) is 2. The van der Waals surface area contributed by atoms with Crippen LogP contribution in [0, 0.1) is 5.92 Å². The van der Waals surface area contributed by atoms with Crippen molar-refractivity contribution >= 4 is 33.8 Å². The topological polar surface area (TPSA) is 135 Å². The third kappa shape index (κ3) is 6.74. The van der Waals surface area contributed by atoms with Crippen molar-refractivity contribution in [3.8, 4) is 28.1 Å². The number of nitrogens with one attached hydrogen (secondary N) is 2. The summed E-state index contributed by atoms with van der Waals surface area (Å²) in [4.78, 5) is 46.8. The van der Waals surface area contributed by atoms with Crippen molar-refractivity contribution in [3.63, 3.8) is 0 Å². The molecule has 5 aromatic rings. The molecule has 4 atom stereocenters. The van der Waals surface area contributed by atoms with E-state index in [2.05, 4.69) is 46.4 Å². The molecule has 2 aromatic heterocycles. The van der Waals surface area contributed by atoms with Crippen LogP contribution in [0.25, 0.3) is 44.2 Å². The van der Waals surface area contributed by atoms with Crippen LogP contribution in [-0.2, 0) is 25.6 Å². The molecule has 0 bridgehead atoms. The zero-order valence-electron chi connectivity index (χ0n) is 31.3. The van der Waals surface area contributed by atoms with Crippen LogP contribution in [0.5, 0.6) is 5.75 Å². The number of carbonyl (C=O) groups excluding carboxylic acids is 2. The van der Waals surface area contributed by atoms with Gasteiger partial charge in [-0.3, -0.25) is 9.69 Å². The molecule has 8 rings (SSSR count). The summed E-state index contributed by atoms with van der Waals surface area (Å²) in [5.41, 5.74) is 6.34. The number of rotatable bonds is 8. The van der Waals surface area contributed by atoms with Crippen LogP contribution in [0.3, 0.4) is 0 Å². The first-order valence-corrected chi connectivity index (χ1v) is 18.6. The summed E-state index contributed by atoms with van der Waals surface area (Å²) in [6.07, 6.45) is 4.33. The number of carbonyl (C=O) groups is 2. The van der Waals surface area contributed by atoms with E-state index in [1.807, 2.05) is 44.9 Å². The predicted molar refractivity (Wildman–Crippen MR) is 201 cm³/mol. The molecule has 0 saturated carbocycles. The van der Waals surface area contributed by atoms with Gasteiger partial charge in [0.1, 0.15) is 29.6 Å². The van der Waals surface area contributed by atoms with Gasteiger partial charge in [-0.15, -0.1) is 0 Å². The summed E-state index contributed by atoms with van der Waals surface area (Å²) in [6, 6.07) is 14.5. The molecule has 5 heterocycles. The summed E-state index contributed by atoms with van der Waals surface area (Å²) in [5.74, 6) is 2.65. The summed E-state index contributed by atoms with van der Waals surface area (Å²) >= 11 is 0. The number of ether oxygens (including phenoxy) is 4. The van der Waals surface area contributed by atoms with Crippen molar-refractivity contribution in [2.24, 2.45) is 5.92 Å². The Bertz CT molecular complexity index is 2180. The standard InChI is InChI=1S/C41H48N6O6/c1-23(51-6)14-36(48)46-13-7-8-33(46)38-42-19-32(44-38)26-9-11-28-27(16-26)22-52-35-18-29-25(17-30(28)35)10-12-31-37(29)45-39(43-31)34-15-24(21-50-5)20-47(34)40(49)53-41(2,3)4/h9-12,16-19,23-24,33-34H,7-8,13-15,20-22H2,1-6H3,(H,42,44)(H,43,45)/t23-,24+,33+,34+/m1/s1. The monoisotopic (exact) mass is 720 g/mol. The van der Waals surface area contributed by atoms with Gasteiger partial charge in [0.25, 0.3) is 0 Å². The van der Waals surface area contributed by atoms with Crippen LogP contribution >= 0.6 is 0 Å². The first kappa shape index (κ1) is 35.1. The summed E-state index contributed by atoms with van der Waals surface area (Å²) in [5, 5.41) is 2.07. The van der Waals surface area contributed by atoms with Gasteiger partial charge in [0.05, 0.1) is 54.1 Å². The average Bonchev–Trinajstić information content (AvgIpc) is 3.95. The van der Waals surface area contributed by atoms with Gasteiger partial charge < -0.3 is 33.8 Å². The van der Waals surface area contributed by atoms with E-state index in [1.165, 1.54) is 0 Å². The third-order valence-corrected chi connectivity index (χ3v) is 10.8. The first-order chi connectivity index (χ1) is 25.5. The highest BCUT2D eigenvalue weighted by atomic mass is 16.6. The molecule has 12 heteroatoms. The second-order valence-corrected chi connectivity index (χ2v) is 15.7. The number of amides is 2. The van der Waals surface area contributed by atoms with Crippen molar-refractivity contribution in [1.82, 2.24) is 29.7 Å². The molecule has 2 N–H and O–H groups in total. The number of aromatic amines is 2. The van der Waals surface area contributed by atoms with Crippen molar-refractivity contribution in [1.29, 1.82) is 0 Å². The number of H-pyrrole nitrogens is 2. The van der Waals surface area contributed by atoms with Crippen LogP contribution in [-0.4, -0.2) is 87.4 Å². The number of imidazole rings is 2. The fraction of sp³-hybridized carbons (Fsp3) is 0.463. The van der Waals surface area contributed by atoms with E-state index < -0.39 is 5.60 Å². The Morgan fingerprint density at radius 3 is 2.66 bits per heavy atom. The number of nitrogens with zero attached hydrogens (tertiary/aromatic N) is 4. The quantitative estimate of drug-likeness (QED) is 0.167. The van der Waals surface area contributed by atoms with Gasteiger partial charge in [-0.25, -0.2) is 14.8 Å². The highest BCUT2D eigenvalue weighted by Crippen LogP contribution is 2.44. The highest BCUT2D eigenvalue weighted by Gasteiger charge is 2.40. The van der Waals surface area contributed by atoms with Gasteiger partial charge in [0.2, 0.25) is 5.91 Å². The smallest absolute Gasteiger partial charge is 0.410 e. The lowest BCUT2D eigenvalue weighted by Crippen LogP contribution is -2.37. The zero-order chi connectivity index (χ0) is 37.0. The molecule has 3 aliphatic heterocycles. The number of benzene rings is 3. The second-order valence-electron chi connectivity index (χ2n) is 15.7. The summed E-state index contributed by atoms with van der Waals surface area (Å²) < 4.78 is 23.0. The van der Waals surface area contributed by atoms with Crippen molar-refractivity contribution in [2.45, 2.75) is 83.8 Å². The van der Waals surface area contributed by atoms with Crippen LogP contribution in [0.15, 0.2) is 48.7 Å². The number of aromatic nitrogens is 4. The Hall–Kier alpha value is -4.94. The van der Waals surface area contributed by atoms with Crippen LogP contribution in [0.2, 0.25) is 0 Å². The first-order valence-electron chi connectivity index (χ1n) is 18.6. The van der Waals surface area contributed by atoms with Gasteiger partial charge in [-0.1, -0.05) is 18.2 Å². The third-order valence-electron chi connectivity index (χ3n) is 10.8. The Labute approximate surface area is 309 Å². The Balaban J connectivity index is 1.06.